The molecule has 13 heavy (non-hydrogen) atoms. The van der Waals surface area contributed by atoms with Crippen LogP contribution in [0.3, 0.4) is 0 Å². The van der Waals surface area contributed by atoms with Crippen LogP contribution in [0.4, 0.5) is 0 Å². The molecule has 0 aliphatic rings. The molecule has 0 saturated heterocycles. The van der Waals surface area contributed by atoms with Crippen LogP contribution in [-0.2, 0) is 6.42 Å². The molecule has 72 valence electrons. The van der Waals surface area contributed by atoms with Gasteiger partial charge >= 0.3 is 0 Å². The second kappa shape index (κ2) is 5.68. The van der Waals surface area contributed by atoms with E-state index < -0.39 is 0 Å². The van der Waals surface area contributed by atoms with E-state index in [4.69, 9.17) is 0 Å². The summed E-state index contributed by atoms with van der Waals surface area (Å²) in [6.07, 6.45) is 3.18. The topological polar surface area (TPSA) is 12.0 Å². The summed E-state index contributed by atoms with van der Waals surface area (Å²) in [5, 5.41) is 3.14. The average Bonchev–Trinajstić information content (AvgIpc) is 2.15. The number of benzene rings is 1. The van der Waals surface area contributed by atoms with Gasteiger partial charge in [0, 0.05) is 9.37 Å². The molecule has 0 fully saturated rings. The molecular formula is C10H14BrNS. The Hall–Kier alpha value is 0.01000. The van der Waals surface area contributed by atoms with Gasteiger partial charge in [0.15, 0.2) is 0 Å². The summed E-state index contributed by atoms with van der Waals surface area (Å²) in [5.74, 6) is 0. The number of halogens is 1. The summed E-state index contributed by atoms with van der Waals surface area (Å²) in [6, 6.07) is 6.55. The van der Waals surface area contributed by atoms with Crippen molar-refractivity contribution < 1.29 is 0 Å². The predicted octanol–water partition coefficient (Wildman–Crippen LogP) is 2.93. The minimum Gasteiger partial charge on any atom is -0.319 e. The van der Waals surface area contributed by atoms with Gasteiger partial charge in [-0.1, -0.05) is 6.07 Å². The highest BCUT2D eigenvalue weighted by Gasteiger charge is 1.99. The van der Waals surface area contributed by atoms with E-state index in [1.165, 1.54) is 14.9 Å². The van der Waals surface area contributed by atoms with Gasteiger partial charge in [0.05, 0.1) is 0 Å². The van der Waals surface area contributed by atoms with Gasteiger partial charge in [-0.15, -0.1) is 11.8 Å². The monoisotopic (exact) mass is 259 g/mol. The smallest absolute Gasteiger partial charge is 0.0313 e. The van der Waals surface area contributed by atoms with Crippen molar-refractivity contribution in [3.05, 3.63) is 28.2 Å². The quantitative estimate of drug-likeness (QED) is 0.835. The summed E-state index contributed by atoms with van der Waals surface area (Å²) in [4.78, 5) is 1.30. The maximum absolute atomic E-state index is 3.56. The fourth-order valence-corrected chi connectivity index (χ4v) is 2.50. The molecule has 3 heteroatoms. The molecule has 0 amide bonds. The van der Waals surface area contributed by atoms with E-state index in [1.807, 2.05) is 7.05 Å². The van der Waals surface area contributed by atoms with Crippen LogP contribution in [0, 0.1) is 0 Å². The maximum Gasteiger partial charge on any atom is 0.0313 e. The first-order valence-electron chi connectivity index (χ1n) is 4.25. The number of likely N-dealkylation sites (N-methyl/N-ethyl adjacent to an activating group) is 1. The minimum absolute atomic E-state index is 1.03. The van der Waals surface area contributed by atoms with Crippen molar-refractivity contribution in [1.29, 1.82) is 0 Å². The molecule has 0 heterocycles. The molecule has 1 rings (SSSR count). The van der Waals surface area contributed by atoms with Crippen molar-refractivity contribution in [3.63, 3.8) is 0 Å². The Morgan fingerprint density at radius 3 is 2.77 bits per heavy atom. The van der Waals surface area contributed by atoms with E-state index in [0.29, 0.717) is 0 Å². The number of thioether (sulfide) groups is 1. The van der Waals surface area contributed by atoms with Crippen molar-refractivity contribution >= 4 is 27.7 Å². The molecule has 0 unspecified atom stereocenters. The SMILES string of the molecule is CNCCc1ccc(SC)c(Br)c1. The van der Waals surface area contributed by atoms with Gasteiger partial charge in [-0.2, -0.15) is 0 Å². The van der Waals surface area contributed by atoms with Crippen LogP contribution in [0.2, 0.25) is 0 Å². The van der Waals surface area contributed by atoms with Crippen molar-refractivity contribution in [3.8, 4) is 0 Å². The van der Waals surface area contributed by atoms with Gasteiger partial charge in [0.1, 0.15) is 0 Å². The van der Waals surface area contributed by atoms with E-state index in [0.717, 1.165) is 13.0 Å². The third-order valence-electron chi connectivity index (χ3n) is 1.88. The van der Waals surface area contributed by atoms with Crippen molar-refractivity contribution in [1.82, 2.24) is 5.32 Å². The maximum atomic E-state index is 3.56. The summed E-state index contributed by atoms with van der Waals surface area (Å²) in [7, 11) is 1.98. The highest BCUT2D eigenvalue weighted by Crippen LogP contribution is 2.26. The fourth-order valence-electron chi connectivity index (χ4n) is 1.13. The zero-order valence-corrected chi connectivity index (χ0v) is 10.3. The lowest BCUT2D eigenvalue weighted by atomic mass is 10.1. The number of hydrogen-bond acceptors (Lipinski definition) is 2. The first-order valence-corrected chi connectivity index (χ1v) is 6.26. The molecule has 0 saturated carbocycles. The van der Waals surface area contributed by atoms with Crippen LogP contribution >= 0.6 is 27.7 Å². The van der Waals surface area contributed by atoms with Crippen LogP contribution in [0.5, 0.6) is 0 Å². The fraction of sp³-hybridized carbons (Fsp3) is 0.400. The Bertz CT molecular complexity index is 276. The Morgan fingerprint density at radius 2 is 2.23 bits per heavy atom. The molecule has 0 radical (unpaired) electrons. The molecule has 0 aliphatic heterocycles. The molecular weight excluding hydrogens is 246 g/mol. The highest BCUT2D eigenvalue weighted by atomic mass is 79.9. The highest BCUT2D eigenvalue weighted by molar-refractivity contribution is 9.10. The lowest BCUT2D eigenvalue weighted by molar-refractivity contribution is 0.791. The molecule has 1 aromatic rings. The van der Waals surface area contributed by atoms with E-state index in [-0.39, 0.29) is 0 Å². The van der Waals surface area contributed by atoms with Crippen molar-refractivity contribution in [2.45, 2.75) is 11.3 Å². The first kappa shape index (κ1) is 11.1. The van der Waals surface area contributed by atoms with Gasteiger partial charge in [-0.05, 0) is 59.9 Å². The summed E-state index contributed by atoms with van der Waals surface area (Å²) < 4.78 is 1.20. The summed E-state index contributed by atoms with van der Waals surface area (Å²) >= 11 is 5.32. The predicted molar refractivity (Wildman–Crippen MR) is 63.6 cm³/mol. The molecule has 1 N–H and O–H groups in total. The minimum atomic E-state index is 1.03. The Morgan fingerprint density at radius 1 is 1.46 bits per heavy atom. The zero-order valence-electron chi connectivity index (χ0n) is 7.93. The largest absolute Gasteiger partial charge is 0.319 e. The summed E-state index contributed by atoms with van der Waals surface area (Å²) in [5.41, 5.74) is 1.37. The number of hydrogen-bond donors (Lipinski definition) is 1. The van der Waals surface area contributed by atoms with Crippen LogP contribution in [0.15, 0.2) is 27.6 Å². The molecule has 1 nitrogen and oxygen atoms in total. The third-order valence-corrected chi connectivity index (χ3v) is 3.59. The first-order chi connectivity index (χ1) is 6.27. The van der Waals surface area contributed by atoms with Crippen LogP contribution in [-0.4, -0.2) is 19.8 Å². The van der Waals surface area contributed by atoms with Crippen molar-refractivity contribution in [2.75, 3.05) is 19.8 Å². The van der Waals surface area contributed by atoms with E-state index >= 15 is 0 Å². The standard InChI is InChI=1S/C10H14BrNS/c1-12-6-5-8-3-4-10(13-2)9(11)7-8/h3-4,7,12H,5-6H2,1-2H3. The van der Waals surface area contributed by atoms with E-state index in [1.54, 1.807) is 11.8 Å². The van der Waals surface area contributed by atoms with Crippen LogP contribution < -0.4 is 5.32 Å². The van der Waals surface area contributed by atoms with Crippen LogP contribution in [0.1, 0.15) is 5.56 Å². The Kier molecular flexibility index (Phi) is 4.84. The normalized spacial score (nSPS) is 10.4. The van der Waals surface area contributed by atoms with Crippen LogP contribution in [0.25, 0.3) is 0 Å². The van der Waals surface area contributed by atoms with Gasteiger partial charge in [0.25, 0.3) is 0 Å². The van der Waals surface area contributed by atoms with E-state index in [9.17, 15) is 0 Å². The van der Waals surface area contributed by atoms with Gasteiger partial charge in [0.2, 0.25) is 0 Å². The zero-order chi connectivity index (χ0) is 9.68. The molecule has 0 aromatic heterocycles. The van der Waals surface area contributed by atoms with Gasteiger partial charge in [-0.25, -0.2) is 0 Å². The lowest BCUT2D eigenvalue weighted by Gasteiger charge is -2.04. The molecule has 0 spiro atoms. The average molecular weight is 260 g/mol. The Labute approximate surface area is 92.4 Å². The second-order valence-electron chi connectivity index (χ2n) is 2.82. The molecule has 0 atom stereocenters. The molecule has 1 aromatic carbocycles. The Balaban J connectivity index is 2.71. The second-order valence-corrected chi connectivity index (χ2v) is 4.52. The lowest BCUT2D eigenvalue weighted by Crippen LogP contribution is -2.10. The number of nitrogens with one attached hydrogen (secondary N) is 1. The van der Waals surface area contributed by atoms with Crippen molar-refractivity contribution in [2.24, 2.45) is 0 Å². The third kappa shape index (κ3) is 3.33. The number of rotatable bonds is 4. The van der Waals surface area contributed by atoms with Gasteiger partial charge < -0.3 is 5.32 Å². The summed E-state index contributed by atoms with van der Waals surface area (Å²) in [6.45, 7) is 1.03. The van der Waals surface area contributed by atoms with E-state index in [2.05, 4.69) is 45.7 Å². The van der Waals surface area contributed by atoms with Gasteiger partial charge in [-0.3, -0.25) is 0 Å². The molecule has 0 aliphatic carbocycles. The molecule has 0 bridgehead atoms.